The number of piperazine rings is 1. The van der Waals surface area contributed by atoms with Crippen molar-refractivity contribution in [2.24, 2.45) is 0 Å². The minimum Gasteiger partial charge on any atom is -0.352 e. The third kappa shape index (κ3) is 3.59. The molecule has 0 N–H and O–H groups in total. The van der Waals surface area contributed by atoms with Crippen LogP contribution in [0.15, 0.2) is 22.9 Å². The number of fused-ring (bicyclic) bond motifs is 1. The second kappa shape index (κ2) is 6.49. The summed E-state index contributed by atoms with van der Waals surface area (Å²) in [5.41, 5.74) is 1.59. The van der Waals surface area contributed by atoms with Crippen LogP contribution in [0.1, 0.15) is 11.3 Å². The van der Waals surface area contributed by atoms with E-state index in [1.54, 1.807) is 12.4 Å². The van der Waals surface area contributed by atoms with Crippen molar-refractivity contribution in [1.82, 2.24) is 20.2 Å². The number of aromatic nitrogens is 4. The fourth-order valence-electron chi connectivity index (χ4n) is 3.10. The highest BCUT2D eigenvalue weighted by Gasteiger charge is 2.25. The van der Waals surface area contributed by atoms with Crippen molar-refractivity contribution in [3.8, 4) is 0 Å². The van der Waals surface area contributed by atoms with Crippen molar-refractivity contribution in [2.45, 2.75) is 12.2 Å². The normalized spacial score (nSPS) is 19.6. The van der Waals surface area contributed by atoms with Crippen molar-refractivity contribution in [3.05, 3.63) is 34.2 Å². The van der Waals surface area contributed by atoms with Crippen LogP contribution in [0, 0.1) is 0 Å². The molecule has 0 atom stereocenters. The first kappa shape index (κ1) is 16.6. The number of halogens is 1. The van der Waals surface area contributed by atoms with Gasteiger partial charge < -0.3 is 9.80 Å². The Balaban J connectivity index is 1.47. The van der Waals surface area contributed by atoms with Crippen LogP contribution in [-0.2, 0) is 22.0 Å². The molecule has 2 aromatic heterocycles. The zero-order valence-corrected chi connectivity index (χ0v) is 15.9. The van der Waals surface area contributed by atoms with Gasteiger partial charge in [0.15, 0.2) is 15.7 Å². The molecule has 0 unspecified atom stereocenters. The molecule has 10 heteroatoms. The van der Waals surface area contributed by atoms with E-state index in [9.17, 15) is 8.42 Å². The molecule has 0 aromatic carbocycles. The highest BCUT2D eigenvalue weighted by molar-refractivity contribution is 9.10. The fourth-order valence-corrected chi connectivity index (χ4v) is 4.68. The minimum atomic E-state index is -3.01. The first-order valence-electron chi connectivity index (χ1n) is 8.03. The Kier molecular flexibility index (Phi) is 4.32. The van der Waals surface area contributed by atoms with Crippen LogP contribution in [0.4, 0.5) is 11.8 Å². The molecule has 0 spiro atoms. The number of hydrogen-bond acceptors (Lipinski definition) is 8. The van der Waals surface area contributed by atoms with E-state index < -0.39 is 9.84 Å². The Morgan fingerprint density at radius 3 is 2.40 bits per heavy atom. The van der Waals surface area contributed by atoms with Gasteiger partial charge in [0, 0.05) is 45.0 Å². The Morgan fingerprint density at radius 2 is 1.68 bits per heavy atom. The van der Waals surface area contributed by atoms with E-state index in [1.165, 1.54) is 0 Å². The average molecular weight is 425 g/mol. The molecule has 8 nitrogen and oxygen atoms in total. The largest absolute Gasteiger partial charge is 0.352 e. The lowest BCUT2D eigenvalue weighted by Gasteiger charge is -2.35. The number of anilines is 2. The smallest absolute Gasteiger partial charge is 0.225 e. The van der Waals surface area contributed by atoms with Gasteiger partial charge in [0.25, 0.3) is 0 Å². The molecule has 2 aliphatic rings. The predicted molar refractivity (Wildman–Crippen MR) is 97.4 cm³/mol. The first-order chi connectivity index (χ1) is 12.0. The number of aryl methyl sites for hydroxylation is 1. The van der Waals surface area contributed by atoms with Crippen LogP contribution < -0.4 is 9.80 Å². The van der Waals surface area contributed by atoms with Crippen LogP contribution in [0.2, 0.25) is 0 Å². The van der Waals surface area contributed by atoms with Gasteiger partial charge in [0.1, 0.15) is 0 Å². The molecule has 2 aliphatic heterocycles. The van der Waals surface area contributed by atoms with E-state index in [2.05, 4.69) is 45.9 Å². The number of rotatable bonds is 2. The van der Waals surface area contributed by atoms with E-state index in [-0.39, 0.29) is 11.5 Å². The summed E-state index contributed by atoms with van der Waals surface area (Å²) in [6, 6.07) is 1.88. The minimum absolute atomic E-state index is 0.0670. The lowest BCUT2D eigenvalue weighted by molar-refractivity contribution is 0.589. The van der Waals surface area contributed by atoms with Gasteiger partial charge in [0.2, 0.25) is 5.95 Å². The molecule has 1 saturated heterocycles. The molecule has 132 valence electrons. The first-order valence-corrected chi connectivity index (χ1v) is 10.6. The number of hydrogen-bond donors (Lipinski definition) is 0. The van der Waals surface area contributed by atoms with Gasteiger partial charge >= 0.3 is 0 Å². The maximum Gasteiger partial charge on any atom is 0.225 e. The molecule has 0 radical (unpaired) electrons. The molecule has 1 fully saturated rings. The molecule has 0 bridgehead atoms. The summed E-state index contributed by atoms with van der Waals surface area (Å²) in [6.45, 7) is 3.08. The molecular weight excluding hydrogens is 408 g/mol. The van der Waals surface area contributed by atoms with Crippen LogP contribution >= 0.6 is 15.9 Å². The quantitative estimate of drug-likeness (QED) is 0.699. The Labute approximate surface area is 154 Å². The zero-order valence-electron chi connectivity index (χ0n) is 13.5. The van der Waals surface area contributed by atoms with Gasteiger partial charge in [-0.05, 0) is 27.6 Å². The van der Waals surface area contributed by atoms with E-state index in [1.807, 2.05) is 6.07 Å². The molecule has 4 rings (SSSR count). The SMILES string of the molecule is O=S1(=O)CCc2nnc(N3CCN(c4ncc(Br)cn4)CC3)cc2C1. The molecule has 2 aromatic rings. The van der Waals surface area contributed by atoms with Gasteiger partial charge in [-0.1, -0.05) is 0 Å². The second-order valence-electron chi connectivity index (χ2n) is 6.19. The van der Waals surface area contributed by atoms with E-state index in [0.717, 1.165) is 47.7 Å². The van der Waals surface area contributed by atoms with Gasteiger partial charge in [0.05, 0.1) is 21.7 Å². The second-order valence-corrected chi connectivity index (χ2v) is 9.29. The standard InChI is InChI=1S/C15H17BrN6O2S/c16-12-8-17-15(18-9-12)22-4-2-21(3-5-22)14-7-11-10-25(23,24)6-1-13(11)19-20-14/h7-9H,1-6,10H2. The summed E-state index contributed by atoms with van der Waals surface area (Å²) >= 11 is 3.34. The van der Waals surface area contributed by atoms with E-state index in [0.29, 0.717) is 12.4 Å². The Hall–Kier alpha value is -1.81. The molecule has 25 heavy (non-hydrogen) atoms. The Morgan fingerprint density at radius 1 is 1.00 bits per heavy atom. The molecule has 0 amide bonds. The molecule has 0 saturated carbocycles. The summed E-state index contributed by atoms with van der Waals surface area (Å²) in [6.07, 6.45) is 3.94. The van der Waals surface area contributed by atoms with Gasteiger partial charge in [-0.25, -0.2) is 18.4 Å². The lowest BCUT2D eigenvalue weighted by atomic mass is 10.2. The van der Waals surface area contributed by atoms with Crippen LogP contribution in [0.25, 0.3) is 0 Å². The van der Waals surface area contributed by atoms with Gasteiger partial charge in [-0.2, -0.15) is 5.10 Å². The number of nitrogens with zero attached hydrogens (tertiary/aromatic N) is 6. The molecule has 4 heterocycles. The molecule has 0 aliphatic carbocycles. The van der Waals surface area contributed by atoms with E-state index in [4.69, 9.17) is 0 Å². The zero-order chi connectivity index (χ0) is 17.4. The lowest BCUT2D eigenvalue weighted by Crippen LogP contribution is -2.47. The maximum atomic E-state index is 11.8. The van der Waals surface area contributed by atoms with E-state index >= 15 is 0 Å². The van der Waals surface area contributed by atoms with Crippen LogP contribution in [0.3, 0.4) is 0 Å². The van der Waals surface area contributed by atoms with Crippen molar-refractivity contribution in [3.63, 3.8) is 0 Å². The molecular formula is C15H17BrN6O2S. The topological polar surface area (TPSA) is 92.2 Å². The maximum absolute atomic E-state index is 11.8. The van der Waals surface area contributed by atoms with Crippen LogP contribution in [-0.4, -0.2) is 60.5 Å². The average Bonchev–Trinajstić information content (AvgIpc) is 2.61. The van der Waals surface area contributed by atoms with Crippen molar-refractivity contribution in [1.29, 1.82) is 0 Å². The summed E-state index contributed by atoms with van der Waals surface area (Å²) in [4.78, 5) is 12.9. The third-order valence-corrected chi connectivity index (χ3v) is 6.45. The highest BCUT2D eigenvalue weighted by Crippen LogP contribution is 2.23. The summed E-state index contributed by atoms with van der Waals surface area (Å²) in [5.74, 6) is 1.69. The summed E-state index contributed by atoms with van der Waals surface area (Å²) in [7, 11) is -3.01. The van der Waals surface area contributed by atoms with Gasteiger partial charge in [-0.3, -0.25) is 0 Å². The number of sulfone groups is 1. The van der Waals surface area contributed by atoms with Crippen molar-refractivity contribution < 1.29 is 8.42 Å². The van der Waals surface area contributed by atoms with Crippen molar-refractivity contribution >= 4 is 37.5 Å². The highest BCUT2D eigenvalue weighted by atomic mass is 79.9. The van der Waals surface area contributed by atoms with Gasteiger partial charge in [-0.15, -0.1) is 5.10 Å². The summed E-state index contributed by atoms with van der Waals surface area (Å²) < 4.78 is 24.5. The third-order valence-electron chi connectivity index (χ3n) is 4.47. The Bertz CT molecular complexity index is 881. The predicted octanol–water partition coefficient (Wildman–Crippen LogP) is 0.827. The fraction of sp³-hybridized carbons (Fsp3) is 0.467. The monoisotopic (exact) mass is 424 g/mol. The van der Waals surface area contributed by atoms with Crippen LogP contribution in [0.5, 0.6) is 0 Å². The van der Waals surface area contributed by atoms with Crippen molar-refractivity contribution in [2.75, 3.05) is 41.7 Å². The summed E-state index contributed by atoms with van der Waals surface area (Å²) in [5, 5.41) is 8.55.